The Hall–Kier alpha value is -3.85. The van der Waals surface area contributed by atoms with E-state index in [1.54, 1.807) is 12.1 Å². The molecule has 3 heteroatoms. The number of aromatic nitrogens is 1. The summed E-state index contributed by atoms with van der Waals surface area (Å²) in [6.45, 7) is 4.80. The van der Waals surface area contributed by atoms with Crippen LogP contribution in [0.5, 0.6) is 0 Å². The van der Waals surface area contributed by atoms with Gasteiger partial charge >= 0.3 is 5.97 Å². The molecule has 0 saturated carbocycles. The first-order chi connectivity index (χ1) is 16.0. The van der Waals surface area contributed by atoms with Crippen molar-refractivity contribution in [3.8, 4) is 5.69 Å². The van der Waals surface area contributed by atoms with Crippen LogP contribution >= 0.6 is 0 Å². The van der Waals surface area contributed by atoms with Gasteiger partial charge in [-0.15, -0.1) is 0 Å². The summed E-state index contributed by atoms with van der Waals surface area (Å²) in [5.74, 6) is -0.271. The van der Waals surface area contributed by atoms with E-state index in [9.17, 15) is 4.79 Å². The number of ether oxygens (including phenoxy) is 1. The van der Waals surface area contributed by atoms with E-state index in [2.05, 4.69) is 85.1 Å². The first-order valence-electron chi connectivity index (χ1n) is 11.4. The van der Waals surface area contributed by atoms with Gasteiger partial charge in [0.2, 0.25) is 0 Å². The molecule has 0 atom stereocenters. The van der Waals surface area contributed by atoms with Gasteiger partial charge < -0.3 is 9.30 Å². The minimum absolute atomic E-state index is 0.138. The van der Waals surface area contributed by atoms with Gasteiger partial charge in [0.25, 0.3) is 0 Å². The third-order valence-electron chi connectivity index (χ3n) is 6.44. The maximum Gasteiger partial charge on any atom is 0.338 e. The van der Waals surface area contributed by atoms with Crippen molar-refractivity contribution in [2.75, 3.05) is 6.61 Å². The van der Waals surface area contributed by atoms with Crippen LogP contribution in [-0.2, 0) is 10.2 Å². The Morgan fingerprint density at radius 3 is 2.15 bits per heavy atom. The molecule has 0 aliphatic carbocycles. The highest BCUT2D eigenvalue weighted by Crippen LogP contribution is 2.36. The Morgan fingerprint density at radius 2 is 1.39 bits per heavy atom. The molecule has 3 nitrogen and oxygen atoms in total. The highest BCUT2D eigenvalue weighted by molar-refractivity contribution is 6.09. The molecule has 0 spiro atoms. The molecule has 0 fully saturated rings. The lowest BCUT2D eigenvalue weighted by molar-refractivity contribution is 0.0480. The zero-order valence-corrected chi connectivity index (χ0v) is 19.0. The number of esters is 1. The molecular formula is C30H27NO2. The lowest BCUT2D eigenvalue weighted by Crippen LogP contribution is -2.21. The van der Waals surface area contributed by atoms with Crippen molar-refractivity contribution in [3.05, 3.63) is 114 Å². The maximum atomic E-state index is 12.3. The van der Waals surface area contributed by atoms with Gasteiger partial charge in [0.1, 0.15) is 0 Å². The summed E-state index contributed by atoms with van der Waals surface area (Å²) >= 11 is 0. The Balaban J connectivity index is 1.45. The van der Waals surface area contributed by atoms with Crippen LogP contribution in [0.4, 0.5) is 0 Å². The van der Waals surface area contributed by atoms with Crippen molar-refractivity contribution in [2.24, 2.45) is 0 Å². The Labute approximate surface area is 194 Å². The van der Waals surface area contributed by atoms with E-state index < -0.39 is 0 Å². The molecule has 1 aromatic heterocycles. The van der Waals surface area contributed by atoms with E-state index in [1.807, 2.05) is 24.3 Å². The topological polar surface area (TPSA) is 31.2 Å². The third kappa shape index (κ3) is 4.03. The lowest BCUT2D eigenvalue weighted by Gasteiger charge is -2.25. The molecule has 0 N–H and O–H groups in total. The second kappa shape index (κ2) is 8.59. The minimum Gasteiger partial charge on any atom is -0.462 e. The van der Waals surface area contributed by atoms with Gasteiger partial charge in [-0.25, -0.2) is 4.79 Å². The number of benzene rings is 4. The van der Waals surface area contributed by atoms with Crippen molar-refractivity contribution in [2.45, 2.75) is 25.7 Å². The quantitative estimate of drug-likeness (QED) is 0.263. The first kappa shape index (κ1) is 21.0. The predicted molar refractivity (Wildman–Crippen MR) is 135 cm³/mol. The number of para-hydroxylation sites is 2. The van der Waals surface area contributed by atoms with Crippen molar-refractivity contribution in [3.63, 3.8) is 0 Å². The number of hydrogen-bond acceptors (Lipinski definition) is 2. The molecule has 0 aliphatic heterocycles. The number of rotatable bonds is 6. The summed E-state index contributed by atoms with van der Waals surface area (Å²) < 4.78 is 7.88. The fourth-order valence-electron chi connectivity index (χ4n) is 4.45. The van der Waals surface area contributed by atoms with Gasteiger partial charge in [0.05, 0.1) is 23.2 Å². The van der Waals surface area contributed by atoms with Crippen LogP contribution in [-0.4, -0.2) is 17.1 Å². The molecule has 0 unspecified atom stereocenters. The molecule has 5 rings (SSSR count). The van der Waals surface area contributed by atoms with Crippen LogP contribution < -0.4 is 0 Å². The van der Waals surface area contributed by atoms with Crippen LogP contribution in [0, 0.1) is 0 Å². The molecule has 0 saturated heterocycles. The van der Waals surface area contributed by atoms with E-state index in [0.717, 1.165) is 12.1 Å². The zero-order valence-electron chi connectivity index (χ0n) is 19.0. The molecule has 33 heavy (non-hydrogen) atoms. The van der Waals surface area contributed by atoms with E-state index >= 15 is 0 Å². The normalized spacial score (nSPS) is 11.7. The average molecular weight is 434 g/mol. The van der Waals surface area contributed by atoms with E-state index in [-0.39, 0.29) is 11.4 Å². The maximum absolute atomic E-state index is 12.3. The molecule has 0 bridgehead atoms. The molecule has 0 radical (unpaired) electrons. The Morgan fingerprint density at radius 1 is 0.758 bits per heavy atom. The highest BCUT2D eigenvalue weighted by atomic mass is 16.5. The Kier molecular flexibility index (Phi) is 5.47. The highest BCUT2D eigenvalue weighted by Gasteiger charge is 2.23. The lowest BCUT2D eigenvalue weighted by atomic mass is 9.81. The smallest absolute Gasteiger partial charge is 0.338 e. The fraction of sp³-hybridized carbons (Fsp3) is 0.167. The zero-order chi connectivity index (χ0) is 22.8. The molecule has 0 aliphatic rings. The first-order valence-corrected chi connectivity index (χ1v) is 11.4. The molecule has 4 aromatic carbocycles. The van der Waals surface area contributed by atoms with Crippen LogP contribution in [0.2, 0.25) is 0 Å². The Bertz CT molecular complexity index is 1420. The van der Waals surface area contributed by atoms with Gasteiger partial charge in [0.15, 0.2) is 0 Å². The number of nitrogens with zero attached hydrogens (tertiary/aromatic N) is 1. The van der Waals surface area contributed by atoms with Gasteiger partial charge in [-0.1, -0.05) is 74.5 Å². The van der Waals surface area contributed by atoms with Crippen LogP contribution in [0.15, 0.2) is 103 Å². The fourth-order valence-corrected chi connectivity index (χ4v) is 4.45. The average Bonchev–Trinajstić information content (AvgIpc) is 3.19. The van der Waals surface area contributed by atoms with E-state index in [0.29, 0.717) is 12.2 Å². The van der Waals surface area contributed by atoms with Crippen LogP contribution in [0.1, 0.15) is 36.2 Å². The van der Waals surface area contributed by atoms with Gasteiger partial charge in [-0.05, 0) is 59.9 Å². The van der Waals surface area contributed by atoms with E-state index in [1.165, 1.54) is 27.4 Å². The van der Waals surface area contributed by atoms with Crippen LogP contribution in [0.25, 0.3) is 27.5 Å². The second-order valence-electron chi connectivity index (χ2n) is 9.06. The largest absolute Gasteiger partial charge is 0.462 e. The monoisotopic (exact) mass is 433 g/mol. The summed E-state index contributed by atoms with van der Waals surface area (Å²) in [7, 11) is 0. The minimum atomic E-state index is -0.271. The van der Waals surface area contributed by atoms with Gasteiger partial charge in [0, 0.05) is 16.5 Å². The van der Waals surface area contributed by atoms with Crippen molar-refractivity contribution in [1.82, 2.24) is 4.57 Å². The molecule has 1 heterocycles. The summed E-state index contributed by atoms with van der Waals surface area (Å²) in [5.41, 5.74) is 5.24. The van der Waals surface area contributed by atoms with E-state index in [4.69, 9.17) is 4.74 Å². The standard InChI is InChI=1S/C30H27NO2/c1-30(2,19-20-33-29(32)22-11-5-3-6-12-22)23-17-18-28-26(21-23)25-15-9-10-16-27(25)31(28)24-13-7-4-8-14-24/h3-18,21H,19-20H2,1-2H3. The SMILES string of the molecule is CC(C)(CCOC(=O)c1ccccc1)c1ccc2c(c1)c1ccccc1n2-c1ccccc1. The summed E-state index contributed by atoms with van der Waals surface area (Å²) in [6, 6.07) is 34.9. The van der Waals surface area contributed by atoms with Crippen LogP contribution in [0.3, 0.4) is 0 Å². The number of fused-ring (bicyclic) bond motifs is 3. The van der Waals surface area contributed by atoms with Gasteiger partial charge in [-0.2, -0.15) is 0 Å². The number of carbonyl (C=O) groups excluding carboxylic acids is 1. The number of hydrogen-bond donors (Lipinski definition) is 0. The number of carbonyl (C=O) groups is 1. The third-order valence-corrected chi connectivity index (χ3v) is 6.44. The van der Waals surface area contributed by atoms with Crippen molar-refractivity contribution in [1.29, 1.82) is 0 Å². The molecule has 164 valence electrons. The second-order valence-corrected chi connectivity index (χ2v) is 9.06. The summed E-state index contributed by atoms with van der Waals surface area (Å²) in [5, 5.41) is 2.48. The molecule has 5 aromatic rings. The predicted octanol–water partition coefficient (Wildman–Crippen LogP) is 7.31. The summed E-state index contributed by atoms with van der Waals surface area (Å²) in [6.07, 6.45) is 0.744. The van der Waals surface area contributed by atoms with Crippen molar-refractivity contribution < 1.29 is 9.53 Å². The molecular weight excluding hydrogens is 406 g/mol. The molecule has 0 amide bonds. The summed E-state index contributed by atoms with van der Waals surface area (Å²) in [4.78, 5) is 12.3. The van der Waals surface area contributed by atoms with Gasteiger partial charge in [-0.3, -0.25) is 0 Å². The van der Waals surface area contributed by atoms with Crippen molar-refractivity contribution >= 4 is 27.8 Å².